The van der Waals surface area contributed by atoms with Crippen LogP contribution in [-0.4, -0.2) is 55.9 Å². The first-order valence-electron chi connectivity index (χ1n) is 18.8. The number of unbranched alkanes of at least 4 members (excludes halogenated alkanes) is 3. The van der Waals surface area contributed by atoms with Crippen molar-refractivity contribution in [2.75, 3.05) is 26.9 Å². The van der Waals surface area contributed by atoms with Gasteiger partial charge in [0.05, 0.1) is 32.5 Å². The van der Waals surface area contributed by atoms with E-state index in [4.69, 9.17) is 30.5 Å². The number of amides is 1. The van der Waals surface area contributed by atoms with E-state index in [-0.39, 0.29) is 36.2 Å². The Morgan fingerprint density at radius 2 is 1.66 bits per heavy atom. The molecule has 2 aromatic carbocycles. The van der Waals surface area contributed by atoms with Gasteiger partial charge in [-0.2, -0.15) is 0 Å². The predicted octanol–water partition coefficient (Wildman–Crippen LogP) is 9.74. The minimum atomic E-state index is -0.880. The minimum Gasteiger partial charge on any atom is -0.493 e. The molecule has 1 unspecified atom stereocenters. The first-order valence-corrected chi connectivity index (χ1v) is 19.2. The van der Waals surface area contributed by atoms with Gasteiger partial charge in [0, 0.05) is 11.4 Å². The fourth-order valence-electron chi connectivity index (χ4n) is 4.82. The van der Waals surface area contributed by atoms with Gasteiger partial charge in [0.15, 0.2) is 11.5 Å². The fraction of sp³-hybridized carbons (Fsp3) is 0.575. The third kappa shape index (κ3) is 23.1. The third-order valence-electron chi connectivity index (χ3n) is 7.47. The number of hydrogen-bond donors (Lipinski definition) is 1. The smallest absolute Gasteiger partial charge is 0.338 e. The van der Waals surface area contributed by atoms with Crippen LogP contribution < -0.4 is 19.5 Å². The molecule has 53 heavy (non-hydrogen) atoms. The van der Waals surface area contributed by atoms with Crippen molar-refractivity contribution in [3.63, 3.8) is 0 Å². The molecule has 0 radical (unpaired) electrons. The number of rotatable bonds is 20. The molecule has 12 nitrogen and oxygen atoms in total. The Hall–Kier alpha value is -4.32. The molecule has 0 spiro atoms. The lowest BCUT2D eigenvalue weighted by atomic mass is 10.1. The second kappa shape index (κ2) is 31.2. The number of allylic oxidation sites excluding steroid dienone is 1. The zero-order chi connectivity index (χ0) is 39.9. The van der Waals surface area contributed by atoms with Crippen LogP contribution in [0.1, 0.15) is 123 Å². The zero-order valence-electron chi connectivity index (χ0n) is 32.7. The highest BCUT2D eigenvalue weighted by Gasteiger charge is 2.20. The van der Waals surface area contributed by atoms with Crippen molar-refractivity contribution in [2.24, 2.45) is 5.92 Å². The largest absolute Gasteiger partial charge is 0.493 e. The van der Waals surface area contributed by atoms with E-state index in [0.29, 0.717) is 19.3 Å². The molecule has 0 saturated heterocycles. The summed E-state index contributed by atoms with van der Waals surface area (Å²) < 4.78 is 21.2. The molecule has 2 aromatic rings. The highest BCUT2D eigenvalue weighted by molar-refractivity contribution is 6.30. The first kappa shape index (κ1) is 48.7. The molecular weight excluding hydrogens is 704 g/mol. The van der Waals surface area contributed by atoms with Crippen molar-refractivity contribution in [3.05, 3.63) is 75.3 Å². The average Bonchev–Trinajstić information content (AvgIpc) is 3.68. The number of ether oxygens (including phenoxy) is 4. The van der Waals surface area contributed by atoms with Gasteiger partial charge in [0.1, 0.15) is 11.8 Å². The number of carbonyl (C=O) groups excluding carboxylic acids is 3. The van der Waals surface area contributed by atoms with Gasteiger partial charge in [0.2, 0.25) is 5.91 Å². The van der Waals surface area contributed by atoms with Crippen molar-refractivity contribution in [2.45, 2.75) is 118 Å². The molecular formula is C40H61ClN2O10. The molecule has 3 rings (SSSR count). The molecule has 1 aliphatic rings. The molecule has 298 valence electrons. The Balaban J connectivity index is 0.00000107. The minimum absolute atomic E-state index is 0.0639. The number of benzene rings is 2. The average molecular weight is 765 g/mol. The Morgan fingerprint density at radius 1 is 0.962 bits per heavy atom. The Kier molecular flexibility index (Phi) is 28.7. The normalized spacial score (nSPS) is 12.4. The van der Waals surface area contributed by atoms with Gasteiger partial charge in [0.25, 0.3) is 5.09 Å². The Morgan fingerprint density at radius 3 is 2.30 bits per heavy atom. The van der Waals surface area contributed by atoms with E-state index in [1.165, 1.54) is 57.9 Å². The lowest BCUT2D eigenvalue weighted by Crippen LogP contribution is -2.40. The summed E-state index contributed by atoms with van der Waals surface area (Å²) in [5, 5.41) is 12.5. The topological polar surface area (TPSA) is 153 Å². The quantitative estimate of drug-likeness (QED) is 0.0344. The van der Waals surface area contributed by atoms with E-state index in [1.54, 1.807) is 0 Å². The maximum absolute atomic E-state index is 12.3. The SMILES string of the molecule is CC.CC.CCCCCC(=O)NC(C)C(=O)Oc1ccc(C(=O)OCCCCO[N+](=O)[O-])cc1OC.Clc1cccc(OCC/C=C/C2CCCC2)c1. The van der Waals surface area contributed by atoms with Crippen LogP contribution in [0.4, 0.5) is 0 Å². The van der Waals surface area contributed by atoms with Crippen LogP contribution in [-0.2, 0) is 19.2 Å². The number of nitrogens with one attached hydrogen (secondary N) is 1. The number of nitrogens with zero attached hydrogens (tertiary/aromatic N) is 1. The number of carbonyl (C=O) groups is 3. The van der Waals surface area contributed by atoms with Crippen molar-refractivity contribution in [1.29, 1.82) is 0 Å². The molecule has 0 heterocycles. The second-order valence-electron chi connectivity index (χ2n) is 11.5. The molecule has 1 atom stereocenters. The van der Waals surface area contributed by atoms with E-state index in [1.807, 2.05) is 58.9 Å². The summed E-state index contributed by atoms with van der Waals surface area (Å²) in [6.07, 6.45) is 14.9. The van der Waals surface area contributed by atoms with E-state index in [2.05, 4.69) is 22.3 Å². The van der Waals surface area contributed by atoms with Crippen LogP contribution >= 0.6 is 11.6 Å². The molecule has 1 aliphatic carbocycles. The van der Waals surface area contributed by atoms with Gasteiger partial charge in [-0.1, -0.05) is 90.1 Å². The van der Waals surface area contributed by atoms with Gasteiger partial charge >= 0.3 is 11.9 Å². The van der Waals surface area contributed by atoms with Crippen LogP contribution in [0.3, 0.4) is 0 Å². The summed E-state index contributed by atoms with van der Waals surface area (Å²) in [6, 6.07) is 10.9. The molecule has 13 heteroatoms. The number of halogens is 1. The van der Waals surface area contributed by atoms with Crippen LogP contribution in [0.15, 0.2) is 54.6 Å². The summed E-state index contributed by atoms with van der Waals surface area (Å²) in [5.41, 5.74) is 0.181. The summed E-state index contributed by atoms with van der Waals surface area (Å²) in [7, 11) is 1.36. The highest BCUT2D eigenvalue weighted by atomic mass is 35.5. The Labute approximate surface area is 321 Å². The van der Waals surface area contributed by atoms with Crippen molar-refractivity contribution in [3.8, 4) is 17.2 Å². The molecule has 0 bridgehead atoms. The van der Waals surface area contributed by atoms with Crippen LogP contribution in [0, 0.1) is 16.0 Å². The van der Waals surface area contributed by atoms with Crippen LogP contribution in [0.2, 0.25) is 5.02 Å². The number of hydrogen-bond acceptors (Lipinski definition) is 10. The standard InChI is InChI=1S/C21H30N2O9.C15H19ClO.2C2H6/c1-4-5-6-9-19(24)22-15(2)20(25)32-17-11-10-16(14-18(17)29-3)21(26)30-12-7-8-13-31-23(27)28;16-14-9-5-10-15(12-14)17-11-4-3-8-13-6-1-2-7-13;2*1-2/h10-11,14-15H,4-9,12-13H2,1-3H3,(H,22,24);3,5,8-10,12-13H,1-2,4,6-7,11H2;2*1-2H3/b;8-3+;;. The summed E-state index contributed by atoms with van der Waals surface area (Å²) >= 11 is 5.88. The Bertz CT molecular complexity index is 1350. The molecule has 1 amide bonds. The third-order valence-corrected chi connectivity index (χ3v) is 7.71. The van der Waals surface area contributed by atoms with E-state index in [0.717, 1.165) is 49.0 Å². The van der Waals surface area contributed by atoms with Gasteiger partial charge in [-0.25, -0.2) is 9.59 Å². The summed E-state index contributed by atoms with van der Waals surface area (Å²) in [6.45, 7) is 12.3. The maximum Gasteiger partial charge on any atom is 0.338 e. The monoisotopic (exact) mass is 764 g/mol. The van der Waals surface area contributed by atoms with Crippen molar-refractivity contribution in [1.82, 2.24) is 5.32 Å². The van der Waals surface area contributed by atoms with Gasteiger partial charge < -0.3 is 29.1 Å². The molecule has 1 N–H and O–H groups in total. The number of methoxy groups -OCH3 is 1. The van der Waals surface area contributed by atoms with Gasteiger partial charge in [-0.05, 0) is 87.8 Å². The molecule has 1 fully saturated rings. The van der Waals surface area contributed by atoms with Crippen molar-refractivity contribution < 1.29 is 43.3 Å². The predicted molar refractivity (Wildman–Crippen MR) is 208 cm³/mol. The first-order chi connectivity index (χ1) is 25.6. The summed E-state index contributed by atoms with van der Waals surface area (Å²) in [4.78, 5) is 50.5. The zero-order valence-corrected chi connectivity index (χ0v) is 33.4. The number of esters is 2. The molecule has 1 saturated carbocycles. The molecule has 0 aromatic heterocycles. The fourth-order valence-corrected chi connectivity index (χ4v) is 5.00. The maximum atomic E-state index is 12.3. The van der Waals surface area contributed by atoms with Gasteiger partial charge in [-0.15, -0.1) is 10.1 Å². The summed E-state index contributed by atoms with van der Waals surface area (Å²) in [5.74, 6) is 0.404. The van der Waals surface area contributed by atoms with Crippen molar-refractivity contribution >= 4 is 29.4 Å². The van der Waals surface area contributed by atoms with E-state index >= 15 is 0 Å². The van der Waals surface area contributed by atoms with Gasteiger partial charge in [-0.3, -0.25) is 4.79 Å². The highest BCUT2D eigenvalue weighted by Crippen LogP contribution is 2.29. The van der Waals surface area contributed by atoms with E-state index in [9.17, 15) is 24.5 Å². The lowest BCUT2D eigenvalue weighted by molar-refractivity contribution is -0.757. The second-order valence-corrected chi connectivity index (χ2v) is 11.9. The van der Waals surface area contributed by atoms with E-state index < -0.39 is 23.1 Å². The van der Waals surface area contributed by atoms with Crippen LogP contribution in [0.5, 0.6) is 17.2 Å². The lowest BCUT2D eigenvalue weighted by Gasteiger charge is -2.15. The molecule has 0 aliphatic heterocycles. The van der Waals surface area contributed by atoms with Crippen LogP contribution in [0.25, 0.3) is 0 Å².